The van der Waals surface area contributed by atoms with Crippen molar-refractivity contribution in [1.29, 1.82) is 0 Å². The number of carbonyl (C=O) groups is 2. The van der Waals surface area contributed by atoms with Crippen LogP contribution >= 0.6 is 0 Å². The summed E-state index contributed by atoms with van der Waals surface area (Å²) in [7, 11) is 1.59. The molecule has 120 valence electrons. The molecule has 0 heterocycles. The predicted molar refractivity (Wildman–Crippen MR) is 87.9 cm³/mol. The molecule has 0 spiro atoms. The molecule has 2 aromatic carbocycles. The van der Waals surface area contributed by atoms with E-state index in [4.69, 9.17) is 9.47 Å². The second-order valence-electron chi connectivity index (χ2n) is 4.93. The molecule has 0 aromatic heterocycles. The Bertz CT molecular complexity index is 662. The zero-order valence-corrected chi connectivity index (χ0v) is 13.2. The third kappa shape index (κ3) is 4.85. The molecule has 2 aromatic rings. The van der Waals surface area contributed by atoms with Crippen LogP contribution in [0.2, 0.25) is 0 Å². The summed E-state index contributed by atoms with van der Waals surface area (Å²) in [6.45, 7) is 1.91. The summed E-state index contributed by atoms with van der Waals surface area (Å²) in [5.41, 5.74) is 1.16. The lowest BCUT2D eigenvalue weighted by Crippen LogP contribution is -2.12. The van der Waals surface area contributed by atoms with Crippen LogP contribution in [0.3, 0.4) is 0 Å². The molecular weight excluding hydrogens is 294 g/mol. The zero-order valence-electron chi connectivity index (χ0n) is 13.2. The first-order chi connectivity index (χ1) is 11.1. The van der Waals surface area contributed by atoms with Crippen molar-refractivity contribution < 1.29 is 19.1 Å². The first-order valence-electron chi connectivity index (χ1n) is 7.38. The fourth-order valence-electron chi connectivity index (χ4n) is 1.94. The van der Waals surface area contributed by atoms with Gasteiger partial charge in [-0.15, -0.1) is 0 Å². The highest BCUT2D eigenvalue weighted by Crippen LogP contribution is 2.17. The second kappa shape index (κ2) is 7.98. The number of carbonyl (C=O) groups excluding carboxylic acids is 2. The van der Waals surface area contributed by atoms with Gasteiger partial charge >= 0.3 is 5.97 Å². The molecule has 0 bridgehead atoms. The highest BCUT2D eigenvalue weighted by Gasteiger charge is 2.08. The van der Waals surface area contributed by atoms with Crippen LogP contribution in [0.25, 0.3) is 0 Å². The van der Waals surface area contributed by atoms with Crippen LogP contribution in [0.4, 0.5) is 5.69 Å². The number of ether oxygens (including phenoxy) is 2. The van der Waals surface area contributed by atoms with Gasteiger partial charge in [-0.05, 0) is 55.0 Å². The van der Waals surface area contributed by atoms with Crippen LogP contribution in [-0.4, -0.2) is 19.0 Å². The Hall–Kier alpha value is -2.82. The van der Waals surface area contributed by atoms with E-state index in [1.54, 1.807) is 55.6 Å². The van der Waals surface area contributed by atoms with Gasteiger partial charge in [0.15, 0.2) is 0 Å². The number of nitrogens with one attached hydrogen (secondary N) is 1. The average Bonchev–Trinajstić information content (AvgIpc) is 2.56. The summed E-state index contributed by atoms with van der Waals surface area (Å²) in [6, 6.07) is 13.5. The van der Waals surface area contributed by atoms with Crippen LogP contribution in [-0.2, 0) is 4.79 Å². The van der Waals surface area contributed by atoms with Crippen molar-refractivity contribution >= 4 is 17.6 Å². The Kier molecular flexibility index (Phi) is 5.74. The highest BCUT2D eigenvalue weighted by molar-refractivity contribution is 6.04. The fourth-order valence-corrected chi connectivity index (χ4v) is 1.94. The summed E-state index contributed by atoms with van der Waals surface area (Å²) in [5.74, 6) is 0.648. The Morgan fingerprint density at radius 1 is 0.957 bits per heavy atom. The van der Waals surface area contributed by atoms with Gasteiger partial charge in [0.2, 0.25) is 0 Å². The molecule has 1 amide bonds. The van der Waals surface area contributed by atoms with E-state index in [0.29, 0.717) is 23.4 Å². The molecule has 23 heavy (non-hydrogen) atoms. The number of esters is 1. The van der Waals surface area contributed by atoms with Crippen molar-refractivity contribution in [2.45, 2.75) is 19.8 Å². The van der Waals surface area contributed by atoms with E-state index in [0.717, 1.165) is 12.2 Å². The van der Waals surface area contributed by atoms with E-state index < -0.39 is 0 Å². The summed E-state index contributed by atoms with van der Waals surface area (Å²) in [4.78, 5) is 23.6. The molecule has 5 heteroatoms. The van der Waals surface area contributed by atoms with Gasteiger partial charge in [0.1, 0.15) is 11.5 Å². The van der Waals surface area contributed by atoms with E-state index in [2.05, 4.69) is 5.32 Å². The minimum absolute atomic E-state index is 0.235. The molecule has 0 radical (unpaired) electrons. The molecule has 5 nitrogen and oxygen atoms in total. The van der Waals surface area contributed by atoms with Crippen molar-refractivity contribution in [2.24, 2.45) is 0 Å². The highest BCUT2D eigenvalue weighted by atomic mass is 16.5. The molecule has 0 atom stereocenters. The van der Waals surface area contributed by atoms with Crippen molar-refractivity contribution in [3.8, 4) is 11.5 Å². The smallest absolute Gasteiger partial charge is 0.311 e. The number of hydrogen-bond acceptors (Lipinski definition) is 4. The van der Waals surface area contributed by atoms with E-state index >= 15 is 0 Å². The molecule has 0 unspecified atom stereocenters. The van der Waals surface area contributed by atoms with E-state index in [-0.39, 0.29) is 11.9 Å². The maximum atomic E-state index is 12.2. The van der Waals surface area contributed by atoms with Gasteiger partial charge < -0.3 is 14.8 Å². The van der Waals surface area contributed by atoms with Gasteiger partial charge in [-0.2, -0.15) is 0 Å². The monoisotopic (exact) mass is 313 g/mol. The van der Waals surface area contributed by atoms with Crippen LogP contribution in [0.15, 0.2) is 48.5 Å². The van der Waals surface area contributed by atoms with Crippen LogP contribution < -0.4 is 14.8 Å². The molecule has 0 fully saturated rings. The molecule has 2 rings (SSSR count). The van der Waals surface area contributed by atoms with Crippen LogP contribution in [0.5, 0.6) is 11.5 Å². The minimum atomic E-state index is -0.275. The van der Waals surface area contributed by atoms with Gasteiger partial charge in [0, 0.05) is 17.7 Å². The third-order valence-electron chi connectivity index (χ3n) is 3.15. The summed E-state index contributed by atoms with van der Waals surface area (Å²) >= 11 is 0. The topological polar surface area (TPSA) is 64.6 Å². The lowest BCUT2D eigenvalue weighted by atomic mass is 10.2. The Morgan fingerprint density at radius 3 is 2.13 bits per heavy atom. The molecule has 0 aliphatic heterocycles. The first kappa shape index (κ1) is 16.5. The first-order valence-corrected chi connectivity index (χ1v) is 7.38. The quantitative estimate of drug-likeness (QED) is 0.653. The van der Waals surface area contributed by atoms with E-state index in [1.165, 1.54) is 0 Å². The number of rotatable bonds is 6. The zero-order chi connectivity index (χ0) is 16.7. The number of methoxy groups -OCH3 is 1. The fraction of sp³-hybridized carbons (Fsp3) is 0.222. The Morgan fingerprint density at radius 2 is 1.57 bits per heavy atom. The molecule has 0 saturated carbocycles. The maximum Gasteiger partial charge on any atom is 0.311 e. The maximum absolute atomic E-state index is 12.2. The summed E-state index contributed by atoms with van der Waals surface area (Å²) in [6.07, 6.45) is 1.11. The summed E-state index contributed by atoms with van der Waals surface area (Å²) in [5, 5.41) is 2.79. The molecular formula is C18H19NO4. The number of anilines is 1. The SMILES string of the molecule is CCCC(=O)Oc1ccc(C(=O)Nc2ccc(OC)cc2)cc1. The van der Waals surface area contributed by atoms with Crippen molar-refractivity contribution in [3.63, 3.8) is 0 Å². The van der Waals surface area contributed by atoms with E-state index in [1.807, 2.05) is 6.92 Å². The van der Waals surface area contributed by atoms with Crippen molar-refractivity contribution in [1.82, 2.24) is 0 Å². The van der Waals surface area contributed by atoms with Gasteiger partial charge in [0.05, 0.1) is 7.11 Å². The minimum Gasteiger partial charge on any atom is -0.497 e. The number of benzene rings is 2. The van der Waals surface area contributed by atoms with Crippen LogP contribution in [0.1, 0.15) is 30.1 Å². The average molecular weight is 313 g/mol. The Balaban J connectivity index is 1.97. The second-order valence-corrected chi connectivity index (χ2v) is 4.93. The Labute approximate surface area is 135 Å². The normalized spacial score (nSPS) is 10.0. The largest absolute Gasteiger partial charge is 0.497 e. The molecule has 1 N–H and O–H groups in total. The van der Waals surface area contributed by atoms with E-state index in [9.17, 15) is 9.59 Å². The molecule has 0 aliphatic rings. The van der Waals surface area contributed by atoms with Gasteiger partial charge in [-0.1, -0.05) is 6.92 Å². The van der Waals surface area contributed by atoms with Crippen LogP contribution in [0, 0.1) is 0 Å². The van der Waals surface area contributed by atoms with Gasteiger partial charge in [-0.3, -0.25) is 9.59 Å². The lowest BCUT2D eigenvalue weighted by molar-refractivity contribution is -0.134. The van der Waals surface area contributed by atoms with Gasteiger partial charge in [-0.25, -0.2) is 0 Å². The van der Waals surface area contributed by atoms with Crippen molar-refractivity contribution in [2.75, 3.05) is 12.4 Å². The summed E-state index contributed by atoms with van der Waals surface area (Å²) < 4.78 is 10.2. The number of amides is 1. The standard InChI is InChI=1S/C18H19NO4/c1-3-4-17(20)23-16-9-5-13(6-10-16)18(21)19-14-7-11-15(22-2)12-8-14/h5-12H,3-4H2,1-2H3,(H,19,21). The predicted octanol–water partition coefficient (Wildman–Crippen LogP) is 3.65. The lowest BCUT2D eigenvalue weighted by Gasteiger charge is -2.07. The molecule has 0 saturated heterocycles. The molecule has 0 aliphatic carbocycles. The van der Waals surface area contributed by atoms with Gasteiger partial charge in [0.25, 0.3) is 5.91 Å². The third-order valence-corrected chi connectivity index (χ3v) is 3.15. The van der Waals surface area contributed by atoms with Crippen molar-refractivity contribution in [3.05, 3.63) is 54.1 Å². The number of hydrogen-bond donors (Lipinski definition) is 1.